The van der Waals surface area contributed by atoms with Crippen LogP contribution >= 0.6 is 0 Å². The van der Waals surface area contributed by atoms with Gasteiger partial charge in [-0.2, -0.15) is 0 Å². The van der Waals surface area contributed by atoms with Crippen LogP contribution in [-0.2, 0) is 4.74 Å². The lowest BCUT2D eigenvalue weighted by Gasteiger charge is -2.24. The zero-order valence-corrected chi connectivity index (χ0v) is 11.6. The van der Waals surface area contributed by atoms with Crippen LogP contribution in [0.1, 0.15) is 26.3 Å². The third kappa shape index (κ3) is 5.14. The lowest BCUT2D eigenvalue weighted by molar-refractivity contribution is 0.0501. The molecule has 104 valence electrons. The molecule has 0 fully saturated rings. The van der Waals surface area contributed by atoms with Crippen molar-refractivity contribution < 1.29 is 14.6 Å². The molecule has 1 amide bonds. The molecule has 19 heavy (non-hydrogen) atoms. The van der Waals surface area contributed by atoms with Gasteiger partial charge in [0.15, 0.2) is 0 Å². The molecule has 0 heterocycles. The van der Waals surface area contributed by atoms with Crippen molar-refractivity contribution in [2.75, 3.05) is 6.61 Å². The third-order valence-electron chi connectivity index (χ3n) is 2.44. The summed E-state index contributed by atoms with van der Waals surface area (Å²) < 4.78 is 5.15. The monoisotopic (exact) mass is 263 g/mol. The highest BCUT2D eigenvalue weighted by molar-refractivity contribution is 5.75. The largest absolute Gasteiger partial charge is 0.444 e. The van der Waals surface area contributed by atoms with E-state index < -0.39 is 17.7 Å². The highest BCUT2D eigenvalue weighted by Crippen LogP contribution is 2.16. The molecule has 1 aromatic carbocycles. The number of aliphatic hydroxyl groups excluding tert-OH is 1. The van der Waals surface area contributed by atoms with E-state index in [2.05, 4.69) is 11.9 Å². The number of benzene rings is 1. The Morgan fingerprint density at radius 1 is 1.37 bits per heavy atom. The summed E-state index contributed by atoms with van der Waals surface area (Å²) in [4.78, 5) is 11.7. The van der Waals surface area contributed by atoms with E-state index in [0.29, 0.717) is 5.57 Å². The first-order chi connectivity index (χ1) is 8.83. The maximum Gasteiger partial charge on any atom is 0.408 e. The lowest BCUT2D eigenvalue weighted by Crippen LogP contribution is -2.41. The molecule has 0 aliphatic heterocycles. The standard InChI is InChI=1S/C15H21NO3/c1-11(12-8-6-5-7-9-12)13(10-17)16-14(18)19-15(2,3)4/h5-9,13,17H,1,10H2,2-4H3,(H,16,18). The van der Waals surface area contributed by atoms with Gasteiger partial charge in [0.25, 0.3) is 0 Å². The third-order valence-corrected chi connectivity index (χ3v) is 2.44. The Morgan fingerprint density at radius 2 is 1.95 bits per heavy atom. The molecule has 2 N–H and O–H groups in total. The summed E-state index contributed by atoms with van der Waals surface area (Å²) in [5.74, 6) is 0. The minimum Gasteiger partial charge on any atom is -0.444 e. The zero-order chi connectivity index (χ0) is 14.5. The molecule has 0 saturated heterocycles. The quantitative estimate of drug-likeness (QED) is 0.877. The summed E-state index contributed by atoms with van der Waals surface area (Å²) in [6.07, 6.45) is -0.566. The Bertz CT molecular complexity index is 434. The summed E-state index contributed by atoms with van der Waals surface area (Å²) >= 11 is 0. The number of ether oxygens (including phenoxy) is 1. The number of aliphatic hydroxyl groups is 1. The number of amides is 1. The number of alkyl carbamates (subject to hydrolysis) is 1. The Balaban J connectivity index is 2.69. The summed E-state index contributed by atoms with van der Waals surface area (Å²) in [5.41, 5.74) is 0.949. The Labute approximate surface area is 114 Å². The van der Waals surface area contributed by atoms with Crippen molar-refractivity contribution in [3.8, 4) is 0 Å². The van der Waals surface area contributed by atoms with E-state index in [9.17, 15) is 9.90 Å². The van der Waals surface area contributed by atoms with E-state index in [0.717, 1.165) is 5.56 Å². The molecule has 4 nitrogen and oxygen atoms in total. The Hall–Kier alpha value is -1.81. The van der Waals surface area contributed by atoms with Gasteiger partial charge in [0, 0.05) is 0 Å². The molecule has 0 bridgehead atoms. The molecule has 0 aliphatic rings. The minimum absolute atomic E-state index is 0.229. The van der Waals surface area contributed by atoms with Crippen molar-refractivity contribution in [2.24, 2.45) is 0 Å². The predicted molar refractivity (Wildman–Crippen MR) is 75.7 cm³/mol. The molecule has 0 aromatic heterocycles. The maximum atomic E-state index is 11.7. The molecule has 0 saturated carbocycles. The van der Waals surface area contributed by atoms with Gasteiger partial charge in [-0.15, -0.1) is 0 Å². The molecule has 1 unspecified atom stereocenters. The lowest BCUT2D eigenvalue weighted by atomic mass is 10.0. The van der Waals surface area contributed by atoms with E-state index in [1.165, 1.54) is 0 Å². The van der Waals surface area contributed by atoms with Gasteiger partial charge in [-0.25, -0.2) is 4.79 Å². The number of rotatable bonds is 4. The van der Waals surface area contributed by atoms with E-state index in [4.69, 9.17) is 4.74 Å². The fraction of sp³-hybridized carbons (Fsp3) is 0.400. The summed E-state index contributed by atoms with van der Waals surface area (Å²) in [6, 6.07) is 8.85. The summed E-state index contributed by atoms with van der Waals surface area (Å²) in [5, 5.41) is 12.0. The van der Waals surface area contributed by atoms with Crippen molar-refractivity contribution in [3.63, 3.8) is 0 Å². The van der Waals surface area contributed by atoms with Crippen LogP contribution in [0.25, 0.3) is 5.57 Å². The molecule has 0 aliphatic carbocycles. The molecule has 1 aromatic rings. The van der Waals surface area contributed by atoms with Crippen LogP contribution in [0.4, 0.5) is 4.79 Å². The van der Waals surface area contributed by atoms with Gasteiger partial charge in [-0.1, -0.05) is 36.9 Å². The van der Waals surface area contributed by atoms with Crippen molar-refractivity contribution in [1.29, 1.82) is 0 Å². The number of hydrogen-bond acceptors (Lipinski definition) is 3. The van der Waals surface area contributed by atoms with Gasteiger partial charge in [0.05, 0.1) is 12.6 Å². The Morgan fingerprint density at radius 3 is 2.42 bits per heavy atom. The molecule has 1 atom stereocenters. The number of carbonyl (C=O) groups is 1. The average Bonchev–Trinajstić information content (AvgIpc) is 2.34. The zero-order valence-electron chi connectivity index (χ0n) is 11.6. The van der Waals surface area contributed by atoms with Gasteiger partial charge in [-0.3, -0.25) is 0 Å². The second-order valence-corrected chi connectivity index (χ2v) is 5.27. The highest BCUT2D eigenvalue weighted by Gasteiger charge is 2.21. The molecule has 4 heteroatoms. The Kier molecular flexibility index (Phi) is 5.12. The van der Waals surface area contributed by atoms with Crippen molar-refractivity contribution >= 4 is 11.7 Å². The van der Waals surface area contributed by atoms with Crippen molar-refractivity contribution in [3.05, 3.63) is 42.5 Å². The van der Waals surface area contributed by atoms with E-state index >= 15 is 0 Å². The van der Waals surface area contributed by atoms with Crippen LogP contribution in [0.15, 0.2) is 36.9 Å². The molecule has 1 rings (SSSR count). The topological polar surface area (TPSA) is 58.6 Å². The molecular weight excluding hydrogens is 242 g/mol. The van der Waals surface area contributed by atoms with E-state index in [1.54, 1.807) is 20.8 Å². The fourth-order valence-corrected chi connectivity index (χ4v) is 1.55. The fourth-order valence-electron chi connectivity index (χ4n) is 1.55. The molecular formula is C15H21NO3. The van der Waals surface area contributed by atoms with Crippen molar-refractivity contribution in [1.82, 2.24) is 5.32 Å². The second-order valence-electron chi connectivity index (χ2n) is 5.27. The number of hydrogen-bond donors (Lipinski definition) is 2. The number of nitrogens with one attached hydrogen (secondary N) is 1. The summed E-state index contributed by atoms with van der Waals surface area (Å²) in [6.45, 7) is 9.04. The SMILES string of the molecule is C=C(c1ccccc1)C(CO)NC(=O)OC(C)(C)C. The van der Waals surface area contributed by atoms with Gasteiger partial charge in [0.1, 0.15) is 5.60 Å². The first-order valence-electron chi connectivity index (χ1n) is 6.18. The second kappa shape index (κ2) is 6.38. The van der Waals surface area contributed by atoms with Crippen LogP contribution in [0.5, 0.6) is 0 Å². The number of carbonyl (C=O) groups excluding carboxylic acids is 1. The minimum atomic E-state index is -0.571. The van der Waals surface area contributed by atoms with E-state index in [1.807, 2.05) is 30.3 Å². The first-order valence-corrected chi connectivity index (χ1v) is 6.18. The van der Waals surface area contributed by atoms with Gasteiger partial charge in [-0.05, 0) is 31.9 Å². The maximum absolute atomic E-state index is 11.7. The summed E-state index contributed by atoms with van der Waals surface area (Å²) in [7, 11) is 0. The van der Waals surface area contributed by atoms with Crippen LogP contribution in [0, 0.1) is 0 Å². The molecule has 0 radical (unpaired) electrons. The van der Waals surface area contributed by atoms with Gasteiger partial charge >= 0.3 is 6.09 Å². The van der Waals surface area contributed by atoms with Crippen LogP contribution < -0.4 is 5.32 Å². The smallest absolute Gasteiger partial charge is 0.408 e. The van der Waals surface area contributed by atoms with Crippen LogP contribution in [0.3, 0.4) is 0 Å². The average molecular weight is 263 g/mol. The molecule has 0 spiro atoms. The predicted octanol–water partition coefficient (Wildman–Crippen LogP) is 2.59. The first kappa shape index (κ1) is 15.2. The van der Waals surface area contributed by atoms with Gasteiger partial charge < -0.3 is 15.2 Å². The highest BCUT2D eigenvalue weighted by atomic mass is 16.6. The van der Waals surface area contributed by atoms with Gasteiger partial charge in [0.2, 0.25) is 0 Å². The van der Waals surface area contributed by atoms with Crippen molar-refractivity contribution in [2.45, 2.75) is 32.4 Å². The van der Waals surface area contributed by atoms with E-state index in [-0.39, 0.29) is 6.61 Å². The van der Waals surface area contributed by atoms with Crippen LogP contribution in [0.2, 0.25) is 0 Å². The van der Waals surface area contributed by atoms with Crippen LogP contribution in [-0.4, -0.2) is 29.4 Å². The normalized spacial score (nSPS) is 12.6.